The van der Waals surface area contributed by atoms with Crippen molar-refractivity contribution >= 4 is 23.6 Å². The quantitative estimate of drug-likeness (QED) is 0.425. The van der Waals surface area contributed by atoms with Gasteiger partial charge in [0, 0.05) is 26.3 Å². The van der Waals surface area contributed by atoms with Crippen LogP contribution in [0.4, 0.5) is 5.69 Å². The third-order valence-electron chi connectivity index (χ3n) is 4.37. The van der Waals surface area contributed by atoms with Crippen LogP contribution >= 0.6 is 0 Å². The summed E-state index contributed by atoms with van der Waals surface area (Å²) in [5.74, 6) is -1.22. The number of benzene rings is 2. The maximum atomic E-state index is 12.1. The molecule has 1 N–H and O–H groups in total. The predicted octanol–water partition coefficient (Wildman–Crippen LogP) is 2.87. The highest BCUT2D eigenvalue weighted by Crippen LogP contribution is 2.15. The molecular formula is C23H25N3O3. The lowest BCUT2D eigenvalue weighted by Gasteiger charge is -2.11. The van der Waals surface area contributed by atoms with Gasteiger partial charge in [-0.25, -0.2) is 4.79 Å². The fraction of sp³-hybridized carbons (Fsp3) is 0.261. The van der Waals surface area contributed by atoms with Gasteiger partial charge in [0.2, 0.25) is 0 Å². The van der Waals surface area contributed by atoms with Gasteiger partial charge in [0.1, 0.15) is 11.6 Å². The standard InChI is InChI=1S/C23H25N3O3/c1-17-6-4-5-7-19(17)12-13-25-22(27)16-29-23(28)20(15-24)14-18-8-10-21(11-9-18)26(2)3/h4-11,14H,12-13,16H2,1-3H3,(H,25,27)/b20-14+. The largest absolute Gasteiger partial charge is 0.451 e. The second-order valence-corrected chi connectivity index (χ2v) is 6.76. The van der Waals surface area contributed by atoms with E-state index in [1.165, 1.54) is 6.08 Å². The Morgan fingerprint density at radius 3 is 2.45 bits per heavy atom. The first-order chi connectivity index (χ1) is 13.9. The lowest BCUT2D eigenvalue weighted by Crippen LogP contribution is -2.30. The molecule has 0 atom stereocenters. The summed E-state index contributed by atoms with van der Waals surface area (Å²) in [6, 6.07) is 17.1. The number of rotatable bonds is 8. The SMILES string of the molecule is Cc1ccccc1CCNC(=O)COC(=O)/C(C#N)=C/c1ccc(N(C)C)cc1. The predicted molar refractivity (Wildman–Crippen MR) is 113 cm³/mol. The van der Waals surface area contributed by atoms with E-state index in [1.54, 1.807) is 12.1 Å². The first-order valence-electron chi connectivity index (χ1n) is 9.28. The van der Waals surface area contributed by atoms with E-state index in [1.807, 2.05) is 68.4 Å². The monoisotopic (exact) mass is 391 g/mol. The maximum Gasteiger partial charge on any atom is 0.349 e. The van der Waals surface area contributed by atoms with E-state index >= 15 is 0 Å². The van der Waals surface area contributed by atoms with Crippen molar-refractivity contribution in [3.63, 3.8) is 0 Å². The van der Waals surface area contributed by atoms with Crippen molar-refractivity contribution in [1.29, 1.82) is 5.26 Å². The number of nitrogens with one attached hydrogen (secondary N) is 1. The van der Waals surface area contributed by atoms with Crippen molar-refractivity contribution in [1.82, 2.24) is 5.32 Å². The van der Waals surface area contributed by atoms with E-state index in [4.69, 9.17) is 4.74 Å². The van der Waals surface area contributed by atoms with Crippen LogP contribution in [0, 0.1) is 18.3 Å². The number of esters is 1. The van der Waals surface area contributed by atoms with Crippen molar-refractivity contribution < 1.29 is 14.3 Å². The van der Waals surface area contributed by atoms with Crippen LogP contribution in [0.5, 0.6) is 0 Å². The molecule has 29 heavy (non-hydrogen) atoms. The summed E-state index contributed by atoms with van der Waals surface area (Å²) < 4.78 is 4.97. The number of hydrogen-bond acceptors (Lipinski definition) is 5. The van der Waals surface area contributed by atoms with Gasteiger partial charge in [-0.05, 0) is 48.2 Å². The van der Waals surface area contributed by atoms with Crippen molar-refractivity contribution in [2.75, 3.05) is 32.1 Å². The van der Waals surface area contributed by atoms with Gasteiger partial charge in [0.25, 0.3) is 5.91 Å². The van der Waals surface area contributed by atoms with E-state index in [0.29, 0.717) is 18.5 Å². The minimum Gasteiger partial charge on any atom is -0.451 e. The summed E-state index contributed by atoms with van der Waals surface area (Å²) in [4.78, 5) is 25.9. The molecule has 2 aromatic rings. The highest BCUT2D eigenvalue weighted by Gasteiger charge is 2.13. The third kappa shape index (κ3) is 6.82. The summed E-state index contributed by atoms with van der Waals surface area (Å²) in [6.45, 7) is 2.04. The smallest absolute Gasteiger partial charge is 0.349 e. The van der Waals surface area contributed by atoms with E-state index in [-0.39, 0.29) is 5.57 Å². The molecule has 6 heteroatoms. The topological polar surface area (TPSA) is 82.4 Å². The number of anilines is 1. The zero-order valence-electron chi connectivity index (χ0n) is 16.9. The van der Waals surface area contributed by atoms with Crippen molar-refractivity contribution in [3.8, 4) is 6.07 Å². The molecule has 1 amide bonds. The molecule has 0 radical (unpaired) electrons. The second kappa shape index (κ2) is 10.7. The molecule has 0 aliphatic heterocycles. The van der Waals surface area contributed by atoms with Crippen LogP contribution in [0.3, 0.4) is 0 Å². The lowest BCUT2D eigenvalue weighted by molar-refractivity contribution is -0.144. The van der Waals surface area contributed by atoms with Crippen LogP contribution in [-0.4, -0.2) is 39.1 Å². The van der Waals surface area contributed by atoms with Gasteiger partial charge >= 0.3 is 5.97 Å². The Kier molecular flexibility index (Phi) is 7.99. The number of hydrogen-bond donors (Lipinski definition) is 1. The second-order valence-electron chi connectivity index (χ2n) is 6.76. The van der Waals surface area contributed by atoms with Gasteiger partial charge in [0.05, 0.1) is 0 Å². The number of amides is 1. The molecule has 0 unspecified atom stereocenters. The summed E-state index contributed by atoms with van der Waals surface area (Å²) in [5.41, 5.74) is 3.86. The molecule has 0 saturated heterocycles. The van der Waals surface area contributed by atoms with E-state index in [0.717, 1.165) is 16.8 Å². The molecule has 0 fully saturated rings. The Morgan fingerprint density at radius 2 is 1.83 bits per heavy atom. The molecule has 0 saturated carbocycles. The molecule has 0 aromatic heterocycles. The Labute approximate surface area is 171 Å². The average molecular weight is 391 g/mol. The number of nitrogens with zero attached hydrogens (tertiary/aromatic N) is 2. The van der Waals surface area contributed by atoms with Gasteiger partial charge in [-0.15, -0.1) is 0 Å². The molecule has 2 aromatic carbocycles. The van der Waals surface area contributed by atoms with E-state index < -0.39 is 18.5 Å². The Bertz CT molecular complexity index is 925. The van der Waals surface area contributed by atoms with E-state index in [9.17, 15) is 14.9 Å². The highest BCUT2D eigenvalue weighted by atomic mass is 16.5. The van der Waals surface area contributed by atoms with Crippen LogP contribution in [0.1, 0.15) is 16.7 Å². The van der Waals surface area contributed by atoms with Gasteiger partial charge in [-0.3, -0.25) is 4.79 Å². The van der Waals surface area contributed by atoms with Gasteiger partial charge in [-0.2, -0.15) is 5.26 Å². The highest BCUT2D eigenvalue weighted by molar-refractivity contribution is 5.98. The van der Waals surface area contributed by atoms with Crippen LogP contribution in [0.25, 0.3) is 6.08 Å². The summed E-state index contributed by atoms with van der Waals surface area (Å²) in [7, 11) is 3.85. The number of carbonyl (C=O) groups is 2. The van der Waals surface area contributed by atoms with Crippen molar-refractivity contribution in [3.05, 3.63) is 70.8 Å². The van der Waals surface area contributed by atoms with Crippen LogP contribution in [-0.2, 0) is 20.7 Å². The summed E-state index contributed by atoms with van der Waals surface area (Å²) in [6.07, 6.45) is 2.14. The number of carbonyl (C=O) groups excluding carboxylic acids is 2. The first-order valence-corrected chi connectivity index (χ1v) is 9.28. The zero-order valence-corrected chi connectivity index (χ0v) is 16.9. The van der Waals surface area contributed by atoms with Gasteiger partial charge in [0.15, 0.2) is 6.61 Å². The Balaban J connectivity index is 1.83. The molecular weight excluding hydrogens is 366 g/mol. The minimum atomic E-state index is -0.821. The van der Waals surface area contributed by atoms with Crippen LogP contribution in [0.2, 0.25) is 0 Å². The van der Waals surface area contributed by atoms with Crippen molar-refractivity contribution in [2.45, 2.75) is 13.3 Å². The van der Waals surface area contributed by atoms with Crippen LogP contribution < -0.4 is 10.2 Å². The molecule has 0 bridgehead atoms. The zero-order chi connectivity index (χ0) is 21.2. The summed E-state index contributed by atoms with van der Waals surface area (Å²) in [5, 5.41) is 11.9. The molecule has 0 aliphatic carbocycles. The molecule has 0 aliphatic rings. The van der Waals surface area contributed by atoms with Crippen molar-refractivity contribution in [2.24, 2.45) is 0 Å². The lowest BCUT2D eigenvalue weighted by atomic mass is 10.1. The average Bonchev–Trinajstić information content (AvgIpc) is 2.72. The van der Waals surface area contributed by atoms with E-state index in [2.05, 4.69) is 5.32 Å². The Morgan fingerprint density at radius 1 is 1.14 bits per heavy atom. The Hall–Kier alpha value is -3.59. The number of aryl methyl sites for hydroxylation is 1. The fourth-order valence-corrected chi connectivity index (χ4v) is 2.66. The first kappa shape index (κ1) is 21.7. The summed E-state index contributed by atoms with van der Waals surface area (Å²) >= 11 is 0. The van der Waals surface area contributed by atoms with Crippen LogP contribution in [0.15, 0.2) is 54.1 Å². The molecule has 2 rings (SSSR count). The number of nitriles is 1. The fourth-order valence-electron chi connectivity index (χ4n) is 2.66. The molecule has 0 spiro atoms. The molecule has 150 valence electrons. The normalized spacial score (nSPS) is 10.8. The third-order valence-corrected chi connectivity index (χ3v) is 4.37. The van der Waals surface area contributed by atoms with Gasteiger partial charge in [-0.1, -0.05) is 36.4 Å². The molecule has 0 heterocycles. The number of ether oxygens (including phenoxy) is 1. The minimum absolute atomic E-state index is 0.157. The molecule has 6 nitrogen and oxygen atoms in total. The maximum absolute atomic E-state index is 12.1. The van der Waals surface area contributed by atoms with Gasteiger partial charge < -0.3 is 15.0 Å².